The van der Waals surface area contributed by atoms with Gasteiger partial charge >= 0.3 is 5.76 Å². The molecule has 26 heavy (non-hydrogen) atoms. The van der Waals surface area contributed by atoms with E-state index in [1.807, 2.05) is 43.3 Å². The lowest BCUT2D eigenvalue weighted by Crippen LogP contribution is -2.26. The fourth-order valence-electron chi connectivity index (χ4n) is 2.66. The van der Waals surface area contributed by atoms with Crippen molar-refractivity contribution in [3.63, 3.8) is 0 Å². The number of anilines is 1. The zero-order valence-electron chi connectivity index (χ0n) is 14.9. The summed E-state index contributed by atoms with van der Waals surface area (Å²) < 4.78 is 33.9. The van der Waals surface area contributed by atoms with Crippen LogP contribution in [0.25, 0.3) is 11.1 Å². The molecule has 0 saturated heterocycles. The molecular formula is C18H21N3O4S. The minimum atomic E-state index is -3.68. The normalized spacial score (nSPS) is 11.8. The largest absolute Gasteiger partial charge is 0.419 e. The molecule has 0 atom stereocenters. The number of fused-ring (bicyclic) bond motifs is 1. The first-order valence-electron chi connectivity index (χ1n) is 8.13. The van der Waals surface area contributed by atoms with E-state index in [0.29, 0.717) is 11.9 Å². The van der Waals surface area contributed by atoms with E-state index in [-0.39, 0.29) is 17.0 Å². The van der Waals surface area contributed by atoms with Gasteiger partial charge in [0.1, 0.15) is 0 Å². The minimum Gasteiger partial charge on any atom is -0.408 e. The van der Waals surface area contributed by atoms with Gasteiger partial charge in [0.05, 0.1) is 10.4 Å². The van der Waals surface area contributed by atoms with Crippen molar-refractivity contribution in [3.8, 4) is 0 Å². The summed E-state index contributed by atoms with van der Waals surface area (Å²) in [5.74, 6) is -0.524. The van der Waals surface area contributed by atoms with Crippen molar-refractivity contribution >= 4 is 26.8 Å². The van der Waals surface area contributed by atoms with Crippen LogP contribution in [0.4, 0.5) is 5.69 Å². The monoisotopic (exact) mass is 375 g/mol. The Morgan fingerprint density at radius 3 is 2.46 bits per heavy atom. The van der Waals surface area contributed by atoms with Crippen molar-refractivity contribution in [1.82, 2.24) is 9.29 Å². The Balaban J connectivity index is 1.70. The maximum Gasteiger partial charge on any atom is 0.419 e. The molecular weight excluding hydrogens is 354 g/mol. The highest BCUT2D eigenvalue weighted by molar-refractivity contribution is 7.89. The summed E-state index contributed by atoms with van der Waals surface area (Å²) in [5, 5.41) is 0. The van der Waals surface area contributed by atoms with Gasteiger partial charge in [-0.3, -0.25) is 4.57 Å². The Labute approximate surface area is 151 Å². The molecule has 1 heterocycles. The highest BCUT2D eigenvalue weighted by Crippen LogP contribution is 2.18. The van der Waals surface area contributed by atoms with Crippen LogP contribution >= 0.6 is 0 Å². The summed E-state index contributed by atoms with van der Waals surface area (Å²) >= 11 is 0. The van der Waals surface area contributed by atoms with Crippen LogP contribution in [-0.2, 0) is 23.5 Å². The van der Waals surface area contributed by atoms with E-state index >= 15 is 0 Å². The number of nitrogens with one attached hydrogen (secondary N) is 1. The molecule has 0 amide bonds. The van der Waals surface area contributed by atoms with Gasteiger partial charge in [-0.15, -0.1) is 0 Å². The van der Waals surface area contributed by atoms with Crippen LogP contribution < -0.4 is 15.4 Å². The van der Waals surface area contributed by atoms with Gasteiger partial charge in [-0.05, 0) is 36.2 Å². The first-order chi connectivity index (χ1) is 12.3. The van der Waals surface area contributed by atoms with Crippen LogP contribution in [0.5, 0.6) is 0 Å². The van der Waals surface area contributed by atoms with E-state index in [9.17, 15) is 13.2 Å². The summed E-state index contributed by atoms with van der Waals surface area (Å²) in [6, 6.07) is 12.3. The molecule has 0 bridgehead atoms. The summed E-state index contributed by atoms with van der Waals surface area (Å²) in [5.41, 5.74) is 2.93. The summed E-state index contributed by atoms with van der Waals surface area (Å²) in [6.45, 7) is 0.278. The average Bonchev–Trinajstić information content (AvgIpc) is 2.89. The molecule has 3 rings (SSSR count). The van der Waals surface area contributed by atoms with Crippen molar-refractivity contribution < 1.29 is 12.8 Å². The van der Waals surface area contributed by atoms with Crippen LogP contribution in [0.2, 0.25) is 0 Å². The van der Waals surface area contributed by atoms with Gasteiger partial charge in [0.2, 0.25) is 10.0 Å². The second-order valence-electron chi connectivity index (χ2n) is 6.27. The third-order valence-electron chi connectivity index (χ3n) is 4.23. The summed E-state index contributed by atoms with van der Waals surface area (Å²) in [6.07, 6.45) is 0.579. The standard InChI is InChI=1S/C18H21N3O4S/c1-20(2)14-6-4-13(5-7-14)10-11-19-26(23,24)15-8-9-16-17(12-15)25-18(22)21(16)3/h4-9,12,19H,10-11H2,1-3H3. The summed E-state index contributed by atoms with van der Waals surface area (Å²) in [4.78, 5) is 13.6. The van der Waals surface area contributed by atoms with Crippen LogP contribution in [0.3, 0.4) is 0 Å². The molecule has 138 valence electrons. The second-order valence-corrected chi connectivity index (χ2v) is 8.03. The van der Waals surface area contributed by atoms with Gasteiger partial charge in [0.25, 0.3) is 0 Å². The number of benzene rings is 2. The molecule has 1 aromatic heterocycles. The van der Waals surface area contributed by atoms with Gasteiger partial charge in [0.15, 0.2) is 5.58 Å². The number of hydrogen-bond donors (Lipinski definition) is 1. The number of sulfonamides is 1. The Morgan fingerprint density at radius 2 is 1.81 bits per heavy atom. The molecule has 3 aromatic rings. The maximum absolute atomic E-state index is 12.5. The molecule has 0 radical (unpaired) electrons. The van der Waals surface area contributed by atoms with E-state index in [1.165, 1.54) is 16.7 Å². The second kappa shape index (κ2) is 6.97. The molecule has 7 nitrogen and oxygen atoms in total. The van der Waals surface area contributed by atoms with E-state index in [1.54, 1.807) is 13.1 Å². The van der Waals surface area contributed by atoms with Gasteiger partial charge in [-0.1, -0.05) is 12.1 Å². The lowest BCUT2D eigenvalue weighted by atomic mass is 10.1. The zero-order chi connectivity index (χ0) is 18.9. The summed E-state index contributed by atoms with van der Waals surface area (Å²) in [7, 11) is 1.83. The lowest BCUT2D eigenvalue weighted by molar-refractivity contribution is 0.527. The predicted molar refractivity (Wildman–Crippen MR) is 101 cm³/mol. The molecule has 0 aliphatic heterocycles. The molecule has 2 aromatic carbocycles. The van der Waals surface area contributed by atoms with E-state index in [2.05, 4.69) is 4.72 Å². The maximum atomic E-state index is 12.5. The van der Waals surface area contributed by atoms with Gasteiger partial charge in [0, 0.05) is 39.4 Å². The number of oxazole rings is 1. The molecule has 8 heteroatoms. The van der Waals surface area contributed by atoms with Crippen molar-refractivity contribution in [2.24, 2.45) is 7.05 Å². The SMILES string of the molecule is CN(C)c1ccc(CCNS(=O)(=O)c2ccc3c(c2)oc(=O)n3C)cc1. The fourth-order valence-corrected chi connectivity index (χ4v) is 3.70. The topological polar surface area (TPSA) is 84.6 Å². The molecule has 1 N–H and O–H groups in total. The van der Waals surface area contributed by atoms with Crippen molar-refractivity contribution in [2.45, 2.75) is 11.3 Å². The third kappa shape index (κ3) is 3.66. The Kier molecular flexibility index (Phi) is 4.88. The molecule has 0 fully saturated rings. The molecule has 0 aliphatic carbocycles. The van der Waals surface area contributed by atoms with Gasteiger partial charge in [-0.25, -0.2) is 17.9 Å². The Bertz CT molecular complexity index is 1080. The van der Waals surface area contributed by atoms with Crippen molar-refractivity contribution in [3.05, 3.63) is 58.6 Å². The molecule has 0 unspecified atom stereocenters. The predicted octanol–water partition coefficient (Wildman–Crippen LogP) is 1.72. The van der Waals surface area contributed by atoms with Crippen molar-refractivity contribution in [2.75, 3.05) is 25.5 Å². The number of rotatable bonds is 6. The number of hydrogen-bond acceptors (Lipinski definition) is 5. The van der Waals surface area contributed by atoms with Crippen LogP contribution in [-0.4, -0.2) is 33.6 Å². The number of aromatic nitrogens is 1. The molecule has 0 spiro atoms. The Hall–Kier alpha value is -2.58. The minimum absolute atomic E-state index is 0.0716. The fraction of sp³-hybridized carbons (Fsp3) is 0.278. The van der Waals surface area contributed by atoms with E-state index < -0.39 is 15.8 Å². The van der Waals surface area contributed by atoms with Gasteiger partial charge < -0.3 is 9.32 Å². The van der Waals surface area contributed by atoms with Crippen molar-refractivity contribution in [1.29, 1.82) is 0 Å². The third-order valence-corrected chi connectivity index (χ3v) is 5.69. The molecule has 0 aliphatic rings. The quantitative estimate of drug-likeness (QED) is 0.709. The first kappa shape index (κ1) is 18.2. The highest BCUT2D eigenvalue weighted by atomic mass is 32.2. The van der Waals surface area contributed by atoms with E-state index in [4.69, 9.17) is 4.42 Å². The first-order valence-corrected chi connectivity index (χ1v) is 9.62. The smallest absolute Gasteiger partial charge is 0.408 e. The number of nitrogens with zero attached hydrogens (tertiary/aromatic N) is 2. The Morgan fingerprint density at radius 1 is 1.12 bits per heavy atom. The average molecular weight is 375 g/mol. The van der Waals surface area contributed by atoms with Gasteiger partial charge in [-0.2, -0.15) is 0 Å². The van der Waals surface area contributed by atoms with Crippen LogP contribution in [0.15, 0.2) is 56.6 Å². The van der Waals surface area contributed by atoms with Crippen LogP contribution in [0, 0.1) is 0 Å². The lowest BCUT2D eigenvalue weighted by Gasteiger charge is -2.12. The zero-order valence-corrected chi connectivity index (χ0v) is 15.7. The van der Waals surface area contributed by atoms with E-state index in [0.717, 1.165) is 11.3 Å². The highest BCUT2D eigenvalue weighted by Gasteiger charge is 2.16. The number of aryl methyl sites for hydroxylation is 1. The van der Waals surface area contributed by atoms with Crippen LogP contribution in [0.1, 0.15) is 5.56 Å². The molecule has 0 saturated carbocycles.